The summed E-state index contributed by atoms with van der Waals surface area (Å²) in [7, 11) is -4.05. The fraction of sp³-hybridized carbons (Fsp3) is 0.300. The van der Waals surface area contributed by atoms with Gasteiger partial charge in [0.05, 0.1) is 11.0 Å². The quantitative estimate of drug-likeness (QED) is 0.731. The van der Waals surface area contributed by atoms with Gasteiger partial charge in [-0.05, 0) is 25.1 Å². The molecule has 1 aromatic carbocycles. The minimum atomic E-state index is -4.05. The Kier molecular flexibility index (Phi) is 4.69. The molecule has 0 radical (unpaired) electrons. The molecule has 6 nitrogen and oxygen atoms in total. The van der Waals surface area contributed by atoms with Crippen molar-refractivity contribution in [2.24, 2.45) is 0 Å². The van der Waals surface area contributed by atoms with Crippen molar-refractivity contribution in [3.63, 3.8) is 0 Å². The summed E-state index contributed by atoms with van der Waals surface area (Å²) >= 11 is 5.65. The molecule has 0 aliphatic heterocycles. The van der Waals surface area contributed by atoms with Crippen molar-refractivity contribution in [3.8, 4) is 0 Å². The van der Waals surface area contributed by atoms with E-state index >= 15 is 0 Å². The van der Waals surface area contributed by atoms with Crippen molar-refractivity contribution in [3.05, 3.63) is 29.3 Å². The summed E-state index contributed by atoms with van der Waals surface area (Å²) in [6.07, 6.45) is -1.36. The van der Waals surface area contributed by atoms with E-state index in [9.17, 15) is 18.3 Å². The average molecular weight is 294 g/mol. The van der Waals surface area contributed by atoms with Gasteiger partial charge in [0.2, 0.25) is 10.0 Å². The Balaban J connectivity index is 3.05. The molecule has 2 unspecified atom stereocenters. The van der Waals surface area contributed by atoms with Crippen LogP contribution in [0.5, 0.6) is 0 Å². The second-order valence-corrected chi connectivity index (χ2v) is 5.79. The van der Waals surface area contributed by atoms with Gasteiger partial charge in [0.15, 0.2) is 0 Å². The lowest BCUT2D eigenvalue weighted by molar-refractivity contribution is -0.141. The summed E-state index contributed by atoms with van der Waals surface area (Å²) in [5, 5.41) is 18.2. The van der Waals surface area contributed by atoms with E-state index in [1.807, 2.05) is 4.72 Å². The molecule has 0 spiro atoms. The SMILES string of the molecule is CC(O)C(NS(=O)(=O)c1cccc(Cl)c1)C(=O)O. The lowest BCUT2D eigenvalue weighted by Gasteiger charge is -2.17. The number of hydrogen-bond acceptors (Lipinski definition) is 4. The highest BCUT2D eigenvalue weighted by Gasteiger charge is 2.29. The summed E-state index contributed by atoms with van der Waals surface area (Å²) in [4.78, 5) is 10.6. The molecule has 0 heterocycles. The Hall–Kier alpha value is -1.15. The maximum atomic E-state index is 11.9. The highest BCUT2D eigenvalue weighted by molar-refractivity contribution is 7.89. The molecule has 0 aliphatic carbocycles. The molecule has 0 fully saturated rings. The van der Waals surface area contributed by atoms with E-state index in [0.717, 1.165) is 0 Å². The first kappa shape index (κ1) is 14.9. The lowest BCUT2D eigenvalue weighted by atomic mass is 10.2. The van der Waals surface area contributed by atoms with Gasteiger partial charge in [-0.15, -0.1) is 0 Å². The Morgan fingerprint density at radius 2 is 2.06 bits per heavy atom. The molecule has 0 saturated carbocycles. The monoisotopic (exact) mass is 293 g/mol. The molecule has 1 aromatic rings. The van der Waals surface area contributed by atoms with Crippen LogP contribution in [0.25, 0.3) is 0 Å². The van der Waals surface area contributed by atoms with Gasteiger partial charge in [-0.1, -0.05) is 17.7 Å². The topological polar surface area (TPSA) is 104 Å². The van der Waals surface area contributed by atoms with Crippen LogP contribution >= 0.6 is 11.6 Å². The Morgan fingerprint density at radius 1 is 1.44 bits per heavy atom. The molecule has 0 saturated heterocycles. The fourth-order valence-corrected chi connectivity index (χ4v) is 2.79. The second-order valence-electron chi connectivity index (χ2n) is 3.64. The van der Waals surface area contributed by atoms with Crippen LogP contribution in [0.15, 0.2) is 29.2 Å². The molecule has 1 rings (SSSR count). The fourth-order valence-electron chi connectivity index (χ4n) is 1.22. The van der Waals surface area contributed by atoms with E-state index in [4.69, 9.17) is 16.7 Å². The van der Waals surface area contributed by atoms with Crippen LogP contribution in [0.1, 0.15) is 6.92 Å². The average Bonchev–Trinajstić information content (AvgIpc) is 2.25. The van der Waals surface area contributed by atoms with Gasteiger partial charge >= 0.3 is 5.97 Å². The van der Waals surface area contributed by atoms with Crippen LogP contribution in [-0.4, -0.2) is 36.7 Å². The number of carboxylic acid groups (broad SMARTS) is 1. The number of nitrogens with one attached hydrogen (secondary N) is 1. The number of sulfonamides is 1. The molecule has 3 N–H and O–H groups in total. The third-order valence-corrected chi connectivity index (χ3v) is 3.81. The Bertz CT molecular complexity index is 543. The minimum absolute atomic E-state index is 0.165. The van der Waals surface area contributed by atoms with Gasteiger partial charge in [0.1, 0.15) is 6.04 Å². The zero-order chi connectivity index (χ0) is 13.9. The maximum absolute atomic E-state index is 11.9. The summed E-state index contributed by atoms with van der Waals surface area (Å²) in [6.45, 7) is 1.18. The van der Waals surface area contributed by atoms with Gasteiger partial charge in [0.25, 0.3) is 0 Å². The predicted molar refractivity (Wildman–Crippen MR) is 64.9 cm³/mol. The first-order chi connectivity index (χ1) is 8.24. The van der Waals surface area contributed by atoms with E-state index in [-0.39, 0.29) is 9.92 Å². The third kappa shape index (κ3) is 3.67. The molecule has 0 amide bonds. The number of carbonyl (C=O) groups is 1. The Labute approximate surface area is 109 Å². The molecular formula is C10H12ClNO5S. The van der Waals surface area contributed by atoms with Crippen molar-refractivity contribution in [1.29, 1.82) is 0 Å². The van der Waals surface area contributed by atoms with Gasteiger partial charge < -0.3 is 10.2 Å². The number of aliphatic hydroxyl groups is 1. The normalized spacial score (nSPS) is 15.1. The highest BCUT2D eigenvalue weighted by Crippen LogP contribution is 2.15. The molecule has 8 heteroatoms. The van der Waals surface area contributed by atoms with Gasteiger partial charge in [-0.2, -0.15) is 4.72 Å². The van der Waals surface area contributed by atoms with E-state index < -0.39 is 28.1 Å². The Morgan fingerprint density at radius 3 is 2.50 bits per heavy atom. The summed E-state index contributed by atoms with van der Waals surface area (Å²) in [5.41, 5.74) is 0. The molecule has 0 aliphatic rings. The number of rotatable bonds is 5. The lowest BCUT2D eigenvalue weighted by Crippen LogP contribution is -2.47. The van der Waals surface area contributed by atoms with Crippen LogP contribution in [0.2, 0.25) is 5.02 Å². The van der Waals surface area contributed by atoms with Crippen molar-refractivity contribution < 1.29 is 23.4 Å². The molecule has 100 valence electrons. The van der Waals surface area contributed by atoms with Crippen LogP contribution < -0.4 is 4.72 Å². The summed E-state index contributed by atoms with van der Waals surface area (Å²) < 4.78 is 25.6. The van der Waals surface area contributed by atoms with Gasteiger partial charge in [-0.25, -0.2) is 8.42 Å². The summed E-state index contributed by atoms with van der Waals surface area (Å²) in [5.74, 6) is -1.46. The first-order valence-electron chi connectivity index (χ1n) is 4.93. The zero-order valence-corrected chi connectivity index (χ0v) is 10.9. The van der Waals surface area contributed by atoms with E-state index in [2.05, 4.69) is 0 Å². The molecule has 0 aromatic heterocycles. The third-order valence-electron chi connectivity index (χ3n) is 2.14. The number of aliphatic hydroxyl groups excluding tert-OH is 1. The van der Waals surface area contributed by atoms with E-state index in [1.165, 1.54) is 31.2 Å². The van der Waals surface area contributed by atoms with E-state index in [0.29, 0.717) is 0 Å². The van der Waals surface area contributed by atoms with Crippen molar-refractivity contribution in [2.45, 2.75) is 24.0 Å². The van der Waals surface area contributed by atoms with Crippen LogP contribution in [0.4, 0.5) is 0 Å². The van der Waals surface area contributed by atoms with Crippen LogP contribution in [-0.2, 0) is 14.8 Å². The van der Waals surface area contributed by atoms with Crippen molar-refractivity contribution in [2.75, 3.05) is 0 Å². The van der Waals surface area contributed by atoms with Crippen LogP contribution in [0.3, 0.4) is 0 Å². The number of aliphatic carboxylic acids is 1. The maximum Gasteiger partial charge on any atom is 0.324 e. The van der Waals surface area contributed by atoms with Crippen molar-refractivity contribution >= 4 is 27.6 Å². The predicted octanol–water partition coefficient (Wildman–Crippen LogP) is 0.452. The number of carboxylic acids is 1. The minimum Gasteiger partial charge on any atom is -0.480 e. The number of hydrogen-bond donors (Lipinski definition) is 3. The van der Waals surface area contributed by atoms with E-state index in [1.54, 1.807) is 0 Å². The number of benzene rings is 1. The van der Waals surface area contributed by atoms with Gasteiger partial charge in [0, 0.05) is 5.02 Å². The second kappa shape index (κ2) is 5.66. The molecule has 0 bridgehead atoms. The zero-order valence-electron chi connectivity index (χ0n) is 9.37. The molecule has 2 atom stereocenters. The molecule has 18 heavy (non-hydrogen) atoms. The first-order valence-corrected chi connectivity index (χ1v) is 6.79. The standard InChI is InChI=1S/C10H12ClNO5S/c1-6(13)9(10(14)15)12-18(16,17)8-4-2-3-7(11)5-8/h2-6,9,12-13H,1H3,(H,14,15). The largest absolute Gasteiger partial charge is 0.480 e. The number of halogens is 1. The van der Waals surface area contributed by atoms with Crippen molar-refractivity contribution in [1.82, 2.24) is 4.72 Å². The van der Waals surface area contributed by atoms with Gasteiger partial charge in [-0.3, -0.25) is 4.79 Å². The molecular weight excluding hydrogens is 282 g/mol. The summed E-state index contributed by atoms with van der Waals surface area (Å²) in [6, 6.07) is 3.76. The van der Waals surface area contributed by atoms with Crippen LogP contribution in [0, 0.1) is 0 Å². The smallest absolute Gasteiger partial charge is 0.324 e. The highest BCUT2D eigenvalue weighted by atomic mass is 35.5.